The first-order valence-corrected chi connectivity index (χ1v) is 6.67. The number of carboxylic acids is 1. The van der Waals surface area contributed by atoms with E-state index in [2.05, 4.69) is 21.2 Å². The molecule has 2 aromatic rings. The van der Waals surface area contributed by atoms with E-state index in [0.717, 1.165) is 10.0 Å². The molecule has 0 heterocycles. The number of nitrogens with one attached hydrogen (secondary N) is 1. The molecule has 0 radical (unpaired) electrons. The molecule has 0 spiro atoms. The second-order valence-corrected chi connectivity index (χ2v) is 5.27. The fraction of sp³-hybridized carbons (Fsp3) is 0.0667. The average Bonchev–Trinajstić information content (AvgIpc) is 2.37. The number of aryl methyl sites for hydroxylation is 1. The van der Waals surface area contributed by atoms with Crippen LogP contribution in [0.2, 0.25) is 0 Å². The molecular formula is C15H12BrNO3. The molecule has 0 saturated carbocycles. The van der Waals surface area contributed by atoms with Gasteiger partial charge in [-0.05, 0) is 55.0 Å². The van der Waals surface area contributed by atoms with Crippen molar-refractivity contribution in [3.63, 3.8) is 0 Å². The first kappa shape index (κ1) is 14.3. The van der Waals surface area contributed by atoms with Gasteiger partial charge in [0.25, 0.3) is 5.91 Å². The second-order valence-electron chi connectivity index (χ2n) is 4.35. The van der Waals surface area contributed by atoms with Crippen molar-refractivity contribution in [1.29, 1.82) is 0 Å². The predicted octanol–water partition coefficient (Wildman–Crippen LogP) is 3.71. The molecule has 0 atom stereocenters. The highest BCUT2D eigenvalue weighted by Crippen LogP contribution is 2.19. The summed E-state index contributed by atoms with van der Waals surface area (Å²) in [6.07, 6.45) is 0. The summed E-state index contributed by atoms with van der Waals surface area (Å²) in [5.41, 5.74) is 2.27. The summed E-state index contributed by atoms with van der Waals surface area (Å²) in [4.78, 5) is 22.8. The van der Waals surface area contributed by atoms with Crippen LogP contribution >= 0.6 is 15.9 Å². The number of hydrogen-bond donors (Lipinski definition) is 2. The molecule has 5 heteroatoms. The van der Waals surface area contributed by atoms with Crippen LogP contribution < -0.4 is 5.32 Å². The first-order chi connectivity index (χ1) is 9.45. The van der Waals surface area contributed by atoms with E-state index in [4.69, 9.17) is 5.11 Å². The molecule has 0 aliphatic carbocycles. The number of aromatic carboxylic acids is 1. The molecule has 4 nitrogen and oxygen atoms in total. The highest BCUT2D eigenvalue weighted by Gasteiger charge is 2.08. The van der Waals surface area contributed by atoms with E-state index in [1.807, 2.05) is 19.1 Å². The van der Waals surface area contributed by atoms with Crippen LogP contribution in [0.1, 0.15) is 26.3 Å². The van der Waals surface area contributed by atoms with Crippen LogP contribution in [0.4, 0.5) is 5.69 Å². The molecule has 0 unspecified atom stereocenters. The Morgan fingerprint density at radius 1 is 1.05 bits per heavy atom. The minimum atomic E-state index is -1.01. The molecule has 0 aromatic heterocycles. The number of halogens is 1. The van der Waals surface area contributed by atoms with Crippen LogP contribution in [0.3, 0.4) is 0 Å². The minimum Gasteiger partial charge on any atom is -0.478 e. The normalized spacial score (nSPS) is 10.1. The summed E-state index contributed by atoms with van der Waals surface area (Å²) in [6.45, 7) is 1.93. The van der Waals surface area contributed by atoms with Crippen LogP contribution in [0.15, 0.2) is 46.9 Å². The Morgan fingerprint density at radius 3 is 2.20 bits per heavy atom. The average molecular weight is 334 g/mol. The Hall–Kier alpha value is -2.14. The van der Waals surface area contributed by atoms with E-state index in [0.29, 0.717) is 11.3 Å². The lowest BCUT2D eigenvalue weighted by molar-refractivity contribution is 0.0696. The van der Waals surface area contributed by atoms with Gasteiger partial charge in [-0.2, -0.15) is 0 Å². The number of anilines is 1. The smallest absolute Gasteiger partial charge is 0.335 e. The van der Waals surface area contributed by atoms with E-state index in [-0.39, 0.29) is 11.5 Å². The van der Waals surface area contributed by atoms with Gasteiger partial charge in [0, 0.05) is 15.7 Å². The van der Waals surface area contributed by atoms with Crippen molar-refractivity contribution in [2.24, 2.45) is 0 Å². The molecular weight excluding hydrogens is 322 g/mol. The standard InChI is InChI=1S/C15H12BrNO3/c1-9-6-12(16)8-13(7-9)17-14(18)10-2-4-11(5-3-10)15(19)20/h2-8H,1H3,(H,17,18)(H,19,20). The molecule has 2 rings (SSSR count). The van der Waals surface area contributed by atoms with Gasteiger partial charge in [-0.15, -0.1) is 0 Å². The maximum absolute atomic E-state index is 12.0. The number of amides is 1. The maximum Gasteiger partial charge on any atom is 0.335 e. The Morgan fingerprint density at radius 2 is 1.65 bits per heavy atom. The van der Waals surface area contributed by atoms with Gasteiger partial charge in [0.1, 0.15) is 0 Å². The van der Waals surface area contributed by atoms with Gasteiger partial charge in [0.15, 0.2) is 0 Å². The molecule has 2 aromatic carbocycles. The van der Waals surface area contributed by atoms with Crippen LogP contribution in [0.25, 0.3) is 0 Å². The van der Waals surface area contributed by atoms with E-state index >= 15 is 0 Å². The number of hydrogen-bond acceptors (Lipinski definition) is 2. The monoisotopic (exact) mass is 333 g/mol. The lowest BCUT2D eigenvalue weighted by atomic mass is 10.1. The van der Waals surface area contributed by atoms with Crippen LogP contribution in [0, 0.1) is 6.92 Å². The van der Waals surface area contributed by atoms with Crippen LogP contribution in [-0.2, 0) is 0 Å². The molecule has 1 amide bonds. The topological polar surface area (TPSA) is 66.4 Å². The molecule has 0 aliphatic rings. The van der Waals surface area contributed by atoms with Crippen molar-refractivity contribution in [3.05, 3.63) is 63.6 Å². The molecule has 0 bridgehead atoms. The zero-order chi connectivity index (χ0) is 14.7. The van der Waals surface area contributed by atoms with E-state index in [9.17, 15) is 9.59 Å². The molecule has 0 aliphatic heterocycles. The molecule has 20 heavy (non-hydrogen) atoms. The van der Waals surface area contributed by atoms with Crippen molar-refractivity contribution >= 4 is 33.5 Å². The molecule has 0 saturated heterocycles. The number of benzene rings is 2. The van der Waals surface area contributed by atoms with E-state index < -0.39 is 5.97 Å². The molecule has 2 N–H and O–H groups in total. The number of carbonyl (C=O) groups excluding carboxylic acids is 1. The number of rotatable bonds is 3. The number of carbonyl (C=O) groups is 2. The Labute approximate surface area is 124 Å². The van der Waals surface area contributed by atoms with Gasteiger partial charge in [-0.1, -0.05) is 15.9 Å². The minimum absolute atomic E-state index is 0.153. The van der Waals surface area contributed by atoms with Crippen LogP contribution in [0.5, 0.6) is 0 Å². The summed E-state index contributed by atoms with van der Waals surface area (Å²) in [5, 5.41) is 11.6. The Balaban J connectivity index is 2.17. The SMILES string of the molecule is Cc1cc(Br)cc(NC(=O)c2ccc(C(=O)O)cc2)c1. The van der Waals surface area contributed by atoms with Gasteiger partial charge in [-0.3, -0.25) is 4.79 Å². The zero-order valence-corrected chi connectivity index (χ0v) is 12.3. The van der Waals surface area contributed by atoms with Crippen molar-refractivity contribution in [2.75, 3.05) is 5.32 Å². The Bertz CT molecular complexity index is 645. The van der Waals surface area contributed by atoms with Gasteiger partial charge < -0.3 is 10.4 Å². The van der Waals surface area contributed by atoms with Crippen molar-refractivity contribution in [3.8, 4) is 0 Å². The van der Waals surface area contributed by atoms with Crippen LogP contribution in [-0.4, -0.2) is 17.0 Å². The van der Waals surface area contributed by atoms with Gasteiger partial charge in [-0.25, -0.2) is 4.79 Å². The van der Waals surface area contributed by atoms with Gasteiger partial charge in [0.05, 0.1) is 5.56 Å². The summed E-state index contributed by atoms with van der Waals surface area (Å²) in [5.74, 6) is -1.29. The summed E-state index contributed by atoms with van der Waals surface area (Å²) >= 11 is 3.37. The lowest BCUT2D eigenvalue weighted by Gasteiger charge is -2.07. The highest BCUT2D eigenvalue weighted by molar-refractivity contribution is 9.10. The van der Waals surface area contributed by atoms with Gasteiger partial charge >= 0.3 is 5.97 Å². The first-order valence-electron chi connectivity index (χ1n) is 5.87. The Kier molecular flexibility index (Phi) is 4.20. The summed E-state index contributed by atoms with van der Waals surface area (Å²) in [6, 6.07) is 11.4. The maximum atomic E-state index is 12.0. The van der Waals surface area contributed by atoms with Crippen molar-refractivity contribution in [2.45, 2.75) is 6.92 Å². The quantitative estimate of drug-likeness (QED) is 0.899. The predicted molar refractivity (Wildman–Crippen MR) is 80.2 cm³/mol. The zero-order valence-electron chi connectivity index (χ0n) is 10.7. The van der Waals surface area contributed by atoms with E-state index in [1.165, 1.54) is 24.3 Å². The fourth-order valence-corrected chi connectivity index (χ4v) is 2.38. The summed E-state index contributed by atoms with van der Waals surface area (Å²) < 4.78 is 0.883. The molecule has 0 fully saturated rings. The highest BCUT2D eigenvalue weighted by atomic mass is 79.9. The van der Waals surface area contributed by atoms with E-state index in [1.54, 1.807) is 6.07 Å². The third-order valence-corrected chi connectivity index (χ3v) is 3.15. The number of carboxylic acid groups (broad SMARTS) is 1. The third kappa shape index (κ3) is 3.45. The van der Waals surface area contributed by atoms with Crippen molar-refractivity contribution < 1.29 is 14.7 Å². The van der Waals surface area contributed by atoms with Gasteiger partial charge in [0.2, 0.25) is 0 Å². The lowest BCUT2D eigenvalue weighted by Crippen LogP contribution is -2.12. The second kappa shape index (κ2) is 5.88. The van der Waals surface area contributed by atoms with Crippen molar-refractivity contribution in [1.82, 2.24) is 0 Å². The fourth-order valence-electron chi connectivity index (χ4n) is 1.78. The largest absolute Gasteiger partial charge is 0.478 e. The summed E-state index contributed by atoms with van der Waals surface area (Å²) in [7, 11) is 0. The molecule has 102 valence electrons. The third-order valence-electron chi connectivity index (χ3n) is 2.69.